The Morgan fingerprint density at radius 3 is 2.85 bits per heavy atom. The molecule has 13 heavy (non-hydrogen) atoms. The Bertz CT molecular complexity index is 369. The summed E-state index contributed by atoms with van der Waals surface area (Å²) in [4.78, 5) is 16.7. The van der Waals surface area contributed by atoms with Gasteiger partial charge in [-0.15, -0.1) is 0 Å². The van der Waals surface area contributed by atoms with Crippen LogP contribution < -0.4 is 4.90 Å². The molecule has 0 fully saturated rings. The van der Waals surface area contributed by atoms with Crippen LogP contribution in [0.5, 0.6) is 0 Å². The number of aromatic nitrogens is 1. The van der Waals surface area contributed by atoms with Crippen molar-refractivity contribution >= 4 is 18.1 Å². The lowest BCUT2D eigenvalue weighted by atomic mass is 10.3. The van der Waals surface area contributed by atoms with Gasteiger partial charge in [-0.2, -0.15) is 0 Å². The summed E-state index contributed by atoms with van der Waals surface area (Å²) in [6, 6.07) is 1.38. The quantitative estimate of drug-likeness (QED) is 0.639. The van der Waals surface area contributed by atoms with Crippen LogP contribution in [0.2, 0.25) is 0 Å². The van der Waals surface area contributed by atoms with E-state index in [0.717, 1.165) is 5.69 Å². The van der Waals surface area contributed by atoms with Crippen molar-refractivity contribution in [3.8, 4) is 0 Å². The molecule has 1 unspecified atom stereocenters. The molecule has 2 heterocycles. The largest absolute Gasteiger partial charge is 0.338 e. The Morgan fingerprint density at radius 1 is 1.62 bits per heavy atom. The first-order valence-corrected chi connectivity index (χ1v) is 3.98. The van der Waals surface area contributed by atoms with E-state index in [2.05, 4.69) is 10.1 Å². The second kappa shape index (κ2) is 2.69. The number of aryl methyl sites for hydroxylation is 1. The fourth-order valence-electron chi connectivity index (χ4n) is 1.12. The molecule has 1 aromatic rings. The molecule has 2 rings (SSSR count). The highest BCUT2D eigenvalue weighted by atomic mass is 16.5. The fraction of sp³-hybridized carbons (Fsp3) is 0.375. The summed E-state index contributed by atoms with van der Waals surface area (Å²) in [5.74, 6) is 0.340. The minimum absolute atomic E-state index is 0.0869. The van der Waals surface area contributed by atoms with Crippen molar-refractivity contribution in [3.63, 3.8) is 0 Å². The SMILES string of the molecule is Cc1cc(N2C=NC(C)C2=O)on1. The Labute approximate surface area is 75.0 Å². The van der Waals surface area contributed by atoms with E-state index in [-0.39, 0.29) is 11.9 Å². The molecule has 0 bridgehead atoms. The molecule has 1 aliphatic heterocycles. The van der Waals surface area contributed by atoms with Crippen molar-refractivity contribution in [2.45, 2.75) is 19.9 Å². The molecule has 0 spiro atoms. The Hall–Kier alpha value is -1.65. The highest BCUT2D eigenvalue weighted by molar-refractivity contribution is 6.13. The molecule has 1 amide bonds. The lowest BCUT2D eigenvalue weighted by Gasteiger charge is -2.06. The predicted octanol–water partition coefficient (Wildman–Crippen LogP) is 0.746. The number of rotatable bonds is 1. The van der Waals surface area contributed by atoms with Gasteiger partial charge >= 0.3 is 0 Å². The van der Waals surface area contributed by atoms with Crippen molar-refractivity contribution in [1.29, 1.82) is 0 Å². The maximum atomic E-state index is 11.4. The summed E-state index contributed by atoms with van der Waals surface area (Å²) in [6.45, 7) is 3.54. The van der Waals surface area contributed by atoms with Gasteiger partial charge in [-0.1, -0.05) is 5.16 Å². The van der Waals surface area contributed by atoms with E-state index in [1.165, 1.54) is 11.2 Å². The number of hydrogen-bond donors (Lipinski definition) is 0. The molecule has 0 saturated heterocycles. The van der Waals surface area contributed by atoms with Crippen molar-refractivity contribution in [1.82, 2.24) is 5.16 Å². The monoisotopic (exact) mass is 179 g/mol. The van der Waals surface area contributed by atoms with Crippen molar-refractivity contribution in [2.24, 2.45) is 4.99 Å². The van der Waals surface area contributed by atoms with Gasteiger partial charge < -0.3 is 4.52 Å². The van der Waals surface area contributed by atoms with E-state index in [9.17, 15) is 4.79 Å². The third-order valence-electron chi connectivity index (χ3n) is 1.85. The third kappa shape index (κ3) is 1.22. The van der Waals surface area contributed by atoms with Crippen LogP contribution in [-0.2, 0) is 4.79 Å². The minimum atomic E-state index is -0.314. The van der Waals surface area contributed by atoms with Gasteiger partial charge in [0.2, 0.25) is 5.88 Å². The molecule has 1 aromatic heterocycles. The van der Waals surface area contributed by atoms with Gasteiger partial charge in [0.05, 0.1) is 5.69 Å². The van der Waals surface area contributed by atoms with Crippen LogP contribution in [0.4, 0.5) is 5.88 Å². The summed E-state index contributed by atoms with van der Waals surface area (Å²) >= 11 is 0. The first-order chi connectivity index (χ1) is 6.18. The topological polar surface area (TPSA) is 58.7 Å². The van der Waals surface area contributed by atoms with Crippen LogP contribution in [0, 0.1) is 6.92 Å². The van der Waals surface area contributed by atoms with Gasteiger partial charge in [-0.05, 0) is 13.8 Å². The molecule has 0 saturated carbocycles. The number of anilines is 1. The van der Waals surface area contributed by atoms with Gasteiger partial charge in [0.15, 0.2) is 0 Å². The van der Waals surface area contributed by atoms with Crippen LogP contribution in [0.1, 0.15) is 12.6 Å². The summed E-state index contributed by atoms with van der Waals surface area (Å²) in [6.07, 6.45) is 1.47. The molecule has 0 radical (unpaired) electrons. The van der Waals surface area contributed by atoms with E-state index in [1.54, 1.807) is 19.9 Å². The molecular formula is C8H9N3O2. The van der Waals surface area contributed by atoms with E-state index in [4.69, 9.17) is 4.52 Å². The standard InChI is InChI=1S/C8H9N3O2/c1-5-3-7(13-10-5)11-4-9-6(2)8(11)12/h3-4,6H,1-2H3. The van der Waals surface area contributed by atoms with E-state index < -0.39 is 0 Å². The maximum absolute atomic E-state index is 11.4. The zero-order valence-corrected chi connectivity index (χ0v) is 7.39. The number of aliphatic imine (C=N–C) groups is 1. The second-order valence-corrected chi connectivity index (χ2v) is 2.96. The fourth-order valence-corrected chi connectivity index (χ4v) is 1.12. The van der Waals surface area contributed by atoms with Crippen molar-refractivity contribution in [3.05, 3.63) is 11.8 Å². The molecule has 0 aliphatic carbocycles. The number of carbonyl (C=O) groups excluding carboxylic acids is 1. The molecule has 1 aliphatic rings. The lowest BCUT2D eigenvalue weighted by Crippen LogP contribution is -2.28. The number of amides is 1. The molecule has 5 heteroatoms. The highest BCUT2D eigenvalue weighted by Crippen LogP contribution is 2.18. The average molecular weight is 179 g/mol. The molecule has 68 valence electrons. The van der Waals surface area contributed by atoms with Gasteiger partial charge in [-0.25, -0.2) is 4.90 Å². The number of hydrogen-bond acceptors (Lipinski definition) is 4. The van der Waals surface area contributed by atoms with E-state index >= 15 is 0 Å². The normalized spacial score (nSPS) is 21.5. The lowest BCUT2D eigenvalue weighted by molar-refractivity contribution is -0.118. The summed E-state index contributed by atoms with van der Waals surface area (Å²) in [5, 5.41) is 3.69. The minimum Gasteiger partial charge on any atom is -0.338 e. The molecular weight excluding hydrogens is 170 g/mol. The first kappa shape index (κ1) is 7.97. The number of nitrogens with zero attached hydrogens (tertiary/aromatic N) is 3. The Kier molecular flexibility index (Phi) is 1.65. The summed E-state index contributed by atoms with van der Waals surface area (Å²) in [7, 11) is 0. The molecule has 0 N–H and O–H groups in total. The highest BCUT2D eigenvalue weighted by Gasteiger charge is 2.27. The van der Waals surface area contributed by atoms with Gasteiger partial charge in [0.25, 0.3) is 5.91 Å². The van der Waals surface area contributed by atoms with Crippen LogP contribution >= 0.6 is 0 Å². The smallest absolute Gasteiger partial charge is 0.259 e. The Morgan fingerprint density at radius 2 is 2.38 bits per heavy atom. The van der Waals surface area contributed by atoms with E-state index in [1.807, 2.05) is 0 Å². The van der Waals surface area contributed by atoms with Crippen LogP contribution in [0.25, 0.3) is 0 Å². The Balaban J connectivity index is 2.29. The predicted molar refractivity (Wildman–Crippen MR) is 46.7 cm³/mol. The summed E-state index contributed by atoms with van der Waals surface area (Å²) < 4.78 is 4.93. The maximum Gasteiger partial charge on any atom is 0.259 e. The average Bonchev–Trinajstić information content (AvgIpc) is 2.62. The number of carbonyl (C=O) groups is 1. The first-order valence-electron chi connectivity index (χ1n) is 3.98. The van der Waals surface area contributed by atoms with Crippen LogP contribution in [0.3, 0.4) is 0 Å². The van der Waals surface area contributed by atoms with E-state index in [0.29, 0.717) is 5.88 Å². The van der Waals surface area contributed by atoms with Crippen molar-refractivity contribution < 1.29 is 9.32 Å². The molecule has 1 atom stereocenters. The third-order valence-corrected chi connectivity index (χ3v) is 1.85. The van der Waals surface area contributed by atoms with Crippen molar-refractivity contribution in [2.75, 3.05) is 4.90 Å². The van der Waals surface area contributed by atoms with Crippen LogP contribution in [0.15, 0.2) is 15.6 Å². The zero-order chi connectivity index (χ0) is 9.42. The molecule has 5 nitrogen and oxygen atoms in total. The second-order valence-electron chi connectivity index (χ2n) is 2.96. The van der Waals surface area contributed by atoms with Gasteiger partial charge in [0.1, 0.15) is 12.4 Å². The zero-order valence-electron chi connectivity index (χ0n) is 7.39. The summed E-state index contributed by atoms with van der Waals surface area (Å²) in [5.41, 5.74) is 0.746. The van der Waals surface area contributed by atoms with Gasteiger partial charge in [-0.3, -0.25) is 9.79 Å². The van der Waals surface area contributed by atoms with Gasteiger partial charge in [0, 0.05) is 6.07 Å². The van der Waals surface area contributed by atoms with Crippen LogP contribution in [-0.4, -0.2) is 23.4 Å². The molecule has 0 aromatic carbocycles.